The van der Waals surface area contributed by atoms with Crippen LogP contribution in [0.1, 0.15) is 29.2 Å². The van der Waals surface area contributed by atoms with Gasteiger partial charge in [-0.15, -0.1) is 0 Å². The van der Waals surface area contributed by atoms with E-state index in [0.717, 1.165) is 16.7 Å². The van der Waals surface area contributed by atoms with Gasteiger partial charge in [0.15, 0.2) is 0 Å². The Bertz CT molecular complexity index is 872. The van der Waals surface area contributed by atoms with E-state index < -0.39 is 0 Å². The molecule has 136 valence electrons. The predicted molar refractivity (Wildman–Crippen MR) is 95.0 cm³/mol. The normalized spacial score (nSPS) is 22.3. The maximum atomic E-state index is 13.0. The van der Waals surface area contributed by atoms with Gasteiger partial charge in [0.05, 0.1) is 31.1 Å². The summed E-state index contributed by atoms with van der Waals surface area (Å²) < 4.78 is 16.7. The Balaban J connectivity index is 1.34. The second kappa shape index (κ2) is 7.01. The van der Waals surface area contributed by atoms with E-state index in [2.05, 4.69) is 15.5 Å². The summed E-state index contributed by atoms with van der Waals surface area (Å²) in [7, 11) is 0. The van der Waals surface area contributed by atoms with Crippen molar-refractivity contribution in [1.29, 1.82) is 0 Å². The number of aliphatic hydroxyl groups is 1. The van der Waals surface area contributed by atoms with Crippen LogP contribution in [0.25, 0.3) is 0 Å². The quantitative estimate of drug-likeness (QED) is 0.710. The van der Waals surface area contributed by atoms with Crippen molar-refractivity contribution < 1.29 is 9.50 Å². The molecule has 0 unspecified atom stereocenters. The molecular weight excluding hydrogens is 333 g/mol. The highest BCUT2D eigenvalue weighted by Gasteiger charge is 2.41. The van der Waals surface area contributed by atoms with E-state index in [1.807, 2.05) is 41.1 Å². The summed E-state index contributed by atoms with van der Waals surface area (Å²) in [6.07, 6.45) is 7.93. The van der Waals surface area contributed by atoms with Gasteiger partial charge in [-0.1, -0.05) is 12.1 Å². The van der Waals surface area contributed by atoms with Crippen LogP contribution in [-0.2, 0) is 13.1 Å². The molecule has 26 heavy (non-hydrogen) atoms. The van der Waals surface area contributed by atoms with Crippen LogP contribution in [0.5, 0.6) is 0 Å². The van der Waals surface area contributed by atoms with Crippen molar-refractivity contribution in [3.8, 4) is 0 Å². The molecule has 1 saturated carbocycles. The molecule has 6 nitrogen and oxygen atoms in total. The molecule has 0 saturated heterocycles. The number of rotatable bonds is 6. The van der Waals surface area contributed by atoms with Crippen LogP contribution >= 0.6 is 0 Å². The van der Waals surface area contributed by atoms with Crippen molar-refractivity contribution in [2.75, 3.05) is 0 Å². The Morgan fingerprint density at radius 1 is 1.15 bits per heavy atom. The summed E-state index contributed by atoms with van der Waals surface area (Å²) in [6, 6.07) is 6.60. The fraction of sp³-hybridized carbons (Fsp3) is 0.368. The van der Waals surface area contributed by atoms with Crippen LogP contribution in [0.2, 0.25) is 0 Å². The minimum Gasteiger partial charge on any atom is -0.391 e. The molecule has 0 spiro atoms. The number of hydrogen-bond acceptors (Lipinski definition) is 4. The molecule has 0 bridgehead atoms. The number of nitrogens with zero attached hydrogens (tertiary/aromatic N) is 4. The molecule has 7 heteroatoms. The first-order valence-electron chi connectivity index (χ1n) is 8.76. The van der Waals surface area contributed by atoms with Gasteiger partial charge in [0.2, 0.25) is 0 Å². The number of hydrogen-bond donors (Lipinski definition) is 2. The SMILES string of the molecule is Cc1cnn([C@H]2[C@H](O)C[C@@H]2NCc2cnn(Cc3ccc(F)cc3)c2)c1. The smallest absolute Gasteiger partial charge is 0.123 e. The Labute approximate surface area is 151 Å². The maximum Gasteiger partial charge on any atom is 0.123 e. The first-order chi connectivity index (χ1) is 12.6. The van der Waals surface area contributed by atoms with Crippen LogP contribution in [-0.4, -0.2) is 36.8 Å². The number of aryl methyl sites for hydroxylation is 1. The number of nitrogens with one attached hydrogen (secondary N) is 1. The van der Waals surface area contributed by atoms with E-state index in [0.29, 0.717) is 19.5 Å². The third-order valence-electron chi connectivity index (χ3n) is 4.85. The van der Waals surface area contributed by atoms with Gasteiger partial charge in [-0.3, -0.25) is 9.36 Å². The topological polar surface area (TPSA) is 67.9 Å². The number of aromatic nitrogens is 4. The largest absolute Gasteiger partial charge is 0.391 e. The summed E-state index contributed by atoms with van der Waals surface area (Å²) in [5, 5.41) is 22.3. The van der Waals surface area contributed by atoms with Gasteiger partial charge in [0, 0.05) is 30.5 Å². The molecule has 0 radical (unpaired) electrons. The van der Waals surface area contributed by atoms with Crippen molar-refractivity contribution in [3.05, 3.63) is 71.6 Å². The average molecular weight is 355 g/mol. The molecule has 1 fully saturated rings. The van der Waals surface area contributed by atoms with Gasteiger partial charge in [0.1, 0.15) is 5.82 Å². The first-order valence-corrected chi connectivity index (χ1v) is 8.76. The maximum absolute atomic E-state index is 13.0. The van der Waals surface area contributed by atoms with Crippen LogP contribution in [0, 0.1) is 12.7 Å². The standard InChI is InChI=1S/C19H22FN5O/c1-13-7-23-25(10-13)19-17(6-18(19)26)21-8-15-9-22-24(12-15)11-14-2-4-16(20)5-3-14/h2-5,7,9-10,12,17-19,21,26H,6,8,11H2,1H3/t17-,18+,19+/m0/s1. The fourth-order valence-electron chi connectivity index (χ4n) is 3.38. The van der Waals surface area contributed by atoms with E-state index in [-0.39, 0.29) is 24.0 Å². The van der Waals surface area contributed by atoms with Crippen molar-refractivity contribution >= 4 is 0 Å². The van der Waals surface area contributed by atoms with Gasteiger partial charge >= 0.3 is 0 Å². The lowest BCUT2D eigenvalue weighted by Crippen LogP contribution is -2.54. The Kier molecular flexibility index (Phi) is 4.57. The summed E-state index contributed by atoms with van der Waals surface area (Å²) in [5.41, 5.74) is 3.17. The molecule has 1 aliphatic rings. The van der Waals surface area contributed by atoms with Gasteiger partial charge < -0.3 is 10.4 Å². The lowest BCUT2D eigenvalue weighted by Gasteiger charge is -2.42. The minimum atomic E-state index is -0.368. The lowest BCUT2D eigenvalue weighted by atomic mass is 9.83. The van der Waals surface area contributed by atoms with Gasteiger partial charge in [-0.25, -0.2) is 4.39 Å². The molecule has 0 amide bonds. The second-order valence-corrected chi connectivity index (χ2v) is 6.95. The third kappa shape index (κ3) is 3.54. The summed E-state index contributed by atoms with van der Waals surface area (Å²) in [4.78, 5) is 0. The van der Waals surface area contributed by atoms with Crippen LogP contribution in [0.3, 0.4) is 0 Å². The Morgan fingerprint density at radius 3 is 2.65 bits per heavy atom. The molecular formula is C19H22FN5O. The minimum absolute atomic E-state index is 0.0297. The molecule has 2 aromatic heterocycles. The molecule has 2 heterocycles. The van der Waals surface area contributed by atoms with E-state index in [1.54, 1.807) is 12.1 Å². The number of halogens is 1. The van der Waals surface area contributed by atoms with Crippen molar-refractivity contribution in [2.45, 2.75) is 44.6 Å². The zero-order valence-electron chi connectivity index (χ0n) is 14.6. The van der Waals surface area contributed by atoms with Crippen molar-refractivity contribution in [1.82, 2.24) is 24.9 Å². The Hall–Kier alpha value is -2.51. The van der Waals surface area contributed by atoms with E-state index in [1.165, 1.54) is 12.1 Å². The summed E-state index contributed by atoms with van der Waals surface area (Å²) >= 11 is 0. The molecule has 4 rings (SSSR count). The average Bonchev–Trinajstić information content (AvgIpc) is 3.22. The zero-order chi connectivity index (χ0) is 18.1. The van der Waals surface area contributed by atoms with Crippen LogP contribution in [0.15, 0.2) is 49.1 Å². The van der Waals surface area contributed by atoms with E-state index >= 15 is 0 Å². The number of aliphatic hydroxyl groups excluding tert-OH is 1. The second-order valence-electron chi connectivity index (χ2n) is 6.95. The third-order valence-corrected chi connectivity index (χ3v) is 4.85. The highest BCUT2D eigenvalue weighted by atomic mass is 19.1. The van der Waals surface area contributed by atoms with Crippen LogP contribution < -0.4 is 5.32 Å². The molecule has 3 aromatic rings. The van der Waals surface area contributed by atoms with Gasteiger partial charge in [-0.2, -0.15) is 10.2 Å². The number of benzene rings is 1. The fourth-order valence-corrected chi connectivity index (χ4v) is 3.38. The van der Waals surface area contributed by atoms with Crippen molar-refractivity contribution in [3.63, 3.8) is 0 Å². The summed E-state index contributed by atoms with van der Waals surface area (Å²) in [6.45, 7) is 3.28. The highest BCUT2D eigenvalue weighted by Crippen LogP contribution is 2.32. The van der Waals surface area contributed by atoms with Crippen molar-refractivity contribution in [2.24, 2.45) is 0 Å². The highest BCUT2D eigenvalue weighted by molar-refractivity contribution is 5.17. The molecule has 1 aromatic carbocycles. The lowest BCUT2D eigenvalue weighted by molar-refractivity contribution is -0.00824. The molecule has 2 N–H and O–H groups in total. The molecule has 1 aliphatic carbocycles. The Morgan fingerprint density at radius 2 is 1.96 bits per heavy atom. The molecule has 3 atom stereocenters. The summed E-state index contributed by atoms with van der Waals surface area (Å²) in [5.74, 6) is -0.233. The van der Waals surface area contributed by atoms with E-state index in [9.17, 15) is 9.50 Å². The van der Waals surface area contributed by atoms with E-state index in [4.69, 9.17) is 0 Å². The zero-order valence-corrected chi connectivity index (χ0v) is 14.6. The monoisotopic (exact) mass is 355 g/mol. The van der Waals surface area contributed by atoms with Gasteiger partial charge in [-0.05, 0) is 36.6 Å². The predicted octanol–water partition coefficient (Wildman–Crippen LogP) is 2.04. The molecule has 0 aliphatic heterocycles. The van der Waals surface area contributed by atoms with Gasteiger partial charge in [0.25, 0.3) is 0 Å². The first kappa shape index (κ1) is 16.9. The van der Waals surface area contributed by atoms with Crippen LogP contribution in [0.4, 0.5) is 4.39 Å².